The van der Waals surface area contributed by atoms with E-state index in [9.17, 15) is 14.4 Å². The van der Waals surface area contributed by atoms with E-state index in [1.54, 1.807) is 0 Å². The summed E-state index contributed by atoms with van der Waals surface area (Å²) in [5.74, 6) is -0.991. The van der Waals surface area contributed by atoms with E-state index < -0.39 is 12.1 Å². The summed E-state index contributed by atoms with van der Waals surface area (Å²) in [6.45, 7) is 6.44. The van der Waals surface area contributed by atoms with Gasteiger partial charge in [0.15, 0.2) is 6.10 Å². The van der Waals surface area contributed by atoms with Crippen molar-refractivity contribution in [1.29, 1.82) is 0 Å². The summed E-state index contributed by atoms with van der Waals surface area (Å²) in [6.07, 6.45) is 73.2. The van der Waals surface area contributed by atoms with Crippen LogP contribution in [0.5, 0.6) is 0 Å². The van der Waals surface area contributed by atoms with Crippen molar-refractivity contribution in [2.75, 3.05) is 13.2 Å². The number of hydrogen-bond donors (Lipinski definition) is 0. The molecule has 0 aliphatic carbocycles. The van der Waals surface area contributed by atoms with Gasteiger partial charge in [-0.15, -0.1) is 0 Å². The molecule has 0 saturated heterocycles. The van der Waals surface area contributed by atoms with Gasteiger partial charge in [0.05, 0.1) is 0 Å². The third-order valence-electron chi connectivity index (χ3n) is 12.1. The molecule has 0 aliphatic heterocycles. The van der Waals surface area contributed by atoms with Gasteiger partial charge >= 0.3 is 17.9 Å². The molecule has 0 N–H and O–H groups in total. The van der Waals surface area contributed by atoms with Gasteiger partial charge in [0.2, 0.25) is 0 Å². The van der Waals surface area contributed by atoms with Crippen LogP contribution >= 0.6 is 0 Å². The number of allylic oxidation sites excluding steroid dienone is 14. The van der Waals surface area contributed by atoms with Crippen molar-refractivity contribution in [3.8, 4) is 0 Å². The molecule has 6 heteroatoms. The second-order valence-corrected chi connectivity index (χ2v) is 18.8. The highest BCUT2D eigenvalue weighted by Gasteiger charge is 2.19. The number of carbonyl (C=O) groups excluding carboxylic acids is 3. The van der Waals surface area contributed by atoms with Crippen LogP contribution < -0.4 is 0 Å². The van der Waals surface area contributed by atoms with E-state index in [2.05, 4.69) is 99.8 Å². The van der Waals surface area contributed by atoms with Gasteiger partial charge in [0.1, 0.15) is 13.2 Å². The van der Waals surface area contributed by atoms with E-state index >= 15 is 0 Å². The van der Waals surface area contributed by atoms with Crippen LogP contribution in [0.1, 0.15) is 271 Å². The minimum Gasteiger partial charge on any atom is -0.462 e. The van der Waals surface area contributed by atoms with Gasteiger partial charge in [-0.3, -0.25) is 14.4 Å². The fourth-order valence-corrected chi connectivity index (χ4v) is 7.88. The molecule has 0 radical (unpaired) electrons. The van der Waals surface area contributed by atoms with Crippen molar-refractivity contribution in [3.63, 3.8) is 0 Å². The first-order valence-corrected chi connectivity index (χ1v) is 28.6. The predicted molar refractivity (Wildman–Crippen MR) is 293 cm³/mol. The Bertz CT molecular complexity index is 1320. The van der Waals surface area contributed by atoms with Gasteiger partial charge in [-0.05, 0) is 83.5 Å². The van der Waals surface area contributed by atoms with Gasteiger partial charge in [0, 0.05) is 19.3 Å². The first-order valence-electron chi connectivity index (χ1n) is 28.6. The first kappa shape index (κ1) is 64.6. The Balaban J connectivity index is 4.31. The third kappa shape index (κ3) is 53.5. The van der Waals surface area contributed by atoms with Gasteiger partial charge in [-0.25, -0.2) is 0 Å². The molecule has 0 bridgehead atoms. The summed E-state index contributed by atoms with van der Waals surface area (Å²) in [6, 6.07) is 0. The zero-order valence-electron chi connectivity index (χ0n) is 44.6. The minimum atomic E-state index is -0.814. The molecule has 0 aromatic rings. The molecule has 0 aromatic heterocycles. The van der Waals surface area contributed by atoms with Crippen LogP contribution in [0.25, 0.3) is 0 Å². The highest BCUT2D eigenvalue weighted by Crippen LogP contribution is 2.15. The standard InChI is InChI=1S/C62H106O6/c1-4-7-10-13-16-19-21-23-25-27-29-30-31-32-34-35-37-39-41-43-46-49-52-55-61(64)67-58-59(57-66-60(63)54-51-48-45-18-15-12-9-6-3)68-62(65)56-53-50-47-44-42-40-38-36-33-28-26-24-22-20-17-14-11-8-5-2/h8,11,17,20,24,26-27,29,33,36,40,42,47,50,59H,4-7,9-10,12-16,18-19,21-23,25,28,30-32,34-35,37-39,41,43-46,48-49,51-58H2,1-3H3/b11-8-,20-17-,26-24-,29-27-,36-33-,42-40-,50-47-. The summed E-state index contributed by atoms with van der Waals surface area (Å²) in [5.41, 5.74) is 0. The lowest BCUT2D eigenvalue weighted by atomic mass is 10.0. The van der Waals surface area contributed by atoms with Crippen molar-refractivity contribution in [2.45, 2.75) is 277 Å². The van der Waals surface area contributed by atoms with Gasteiger partial charge < -0.3 is 14.2 Å². The molecule has 0 saturated carbocycles. The maximum atomic E-state index is 12.8. The lowest BCUT2D eigenvalue weighted by Gasteiger charge is -2.18. The second-order valence-electron chi connectivity index (χ2n) is 18.8. The normalized spacial score (nSPS) is 12.7. The molecule has 1 unspecified atom stereocenters. The summed E-state index contributed by atoms with van der Waals surface area (Å²) in [5, 5.41) is 0. The van der Waals surface area contributed by atoms with E-state index in [0.29, 0.717) is 19.3 Å². The number of esters is 3. The summed E-state index contributed by atoms with van der Waals surface area (Å²) in [4.78, 5) is 37.9. The molecular weight excluding hydrogens is 841 g/mol. The topological polar surface area (TPSA) is 78.9 Å². The Kier molecular flexibility index (Phi) is 53.4. The van der Waals surface area contributed by atoms with Gasteiger partial charge in [0.25, 0.3) is 0 Å². The molecule has 0 heterocycles. The smallest absolute Gasteiger partial charge is 0.306 e. The van der Waals surface area contributed by atoms with Crippen LogP contribution in [-0.4, -0.2) is 37.2 Å². The van der Waals surface area contributed by atoms with Crippen molar-refractivity contribution in [2.24, 2.45) is 0 Å². The molecule has 0 spiro atoms. The molecule has 390 valence electrons. The van der Waals surface area contributed by atoms with E-state index in [0.717, 1.165) is 77.0 Å². The zero-order chi connectivity index (χ0) is 49.3. The van der Waals surface area contributed by atoms with E-state index in [1.165, 1.54) is 148 Å². The third-order valence-corrected chi connectivity index (χ3v) is 12.1. The maximum Gasteiger partial charge on any atom is 0.306 e. The monoisotopic (exact) mass is 947 g/mol. The molecule has 1 atom stereocenters. The lowest BCUT2D eigenvalue weighted by Crippen LogP contribution is -2.30. The number of carbonyl (C=O) groups is 3. The van der Waals surface area contributed by atoms with Gasteiger partial charge in [-0.1, -0.05) is 254 Å². The Hall–Kier alpha value is -3.41. The molecule has 0 aliphatic rings. The van der Waals surface area contributed by atoms with Crippen LogP contribution in [0.15, 0.2) is 85.1 Å². The van der Waals surface area contributed by atoms with Crippen LogP contribution in [0, 0.1) is 0 Å². The SMILES string of the molecule is CC/C=C\C/C=C\C/C=C\C/C=C\C/C=C\C/C=C\CCC(=O)OC(COC(=O)CCCCCCCCCC)COC(=O)CCCCCCCCCCCCC/C=C\CCCCCCCCCC. The maximum absolute atomic E-state index is 12.8. The summed E-state index contributed by atoms with van der Waals surface area (Å²) in [7, 11) is 0. The highest BCUT2D eigenvalue weighted by atomic mass is 16.6. The van der Waals surface area contributed by atoms with Crippen molar-refractivity contribution >= 4 is 17.9 Å². The Morgan fingerprint density at radius 3 is 0.956 bits per heavy atom. The summed E-state index contributed by atoms with van der Waals surface area (Å²) < 4.78 is 16.7. The number of unbranched alkanes of at least 4 members (excludes halogenated alkanes) is 26. The number of ether oxygens (including phenoxy) is 3. The molecular formula is C62H106O6. The molecule has 68 heavy (non-hydrogen) atoms. The Morgan fingerprint density at radius 1 is 0.309 bits per heavy atom. The van der Waals surface area contributed by atoms with Crippen LogP contribution in [0.4, 0.5) is 0 Å². The fourth-order valence-electron chi connectivity index (χ4n) is 7.88. The lowest BCUT2D eigenvalue weighted by molar-refractivity contribution is -0.166. The van der Waals surface area contributed by atoms with Crippen LogP contribution in [0.3, 0.4) is 0 Å². The summed E-state index contributed by atoms with van der Waals surface area (Å²) >= 11 is 0. The second kappa shape index (κ2) is 56.2. The number of hydrogen-bond acceptors (Lipinski definition) is 6. The highest BCUT2D eigenvalue weighted by molar-refractivity contribution is 5.71. The Morgan fingerprint density at radius 2 is 0.603 bits per heavy atom. The largest absolute Gasteiger partial charge is 0.462 e. The zero-order valence-corrected chi connectivity index (χ0v) is 44.6. The molecule has 0 fully saturated rings. The molecule has 0 amide bonds. The molecule has 0 rings (SSSR count). The van der Waals surface area contributed by atoms with Gasteiger partial charge in [-0.2, -0.15) is 0 Å². The van der Waals surface area contributed by atoms with Crippen molar-refractivity contribution in [1.82, 2.24) is 0 Å². The average molecular weight is 948 g/mol. The number of rotatable bonds is 51. The fraction of sp³-hybridized carbons (Fsp3) is 0.726. The predicted octanol–water partition coefficient (Wildman–Crippen LogP) is 19.2. The molecule has 0 aromatic carbocycles. The van der Waals surface area contributed by atoms with Crippen molar-refractivity contribution < 1.29 is 28.6 Å². The average Bonchev–Trinajstić information content (AvgIpc) is 3.34. The first-order chi connectivity index (χ1) is 33.5. The van der Waals surface area contributed by atoms with E-state index in [1.807, 2.05) is 6.08 Å². The minimum absolute atomic E-state index is 0.106. The quantitative estimate of drug-likeness (QED) is 0.0262. The molecule has 6 nitrogen and oxygen atoms in total. The van der Waals surface area contributed by atoms with Crippen molar-refractivity contribution in [3.05, 3.63) is 85.1 Å². The Labute approximate surface area is 420 Å². The van der Waals surface area contributed by atoms with Crippen LogP contribution in [0.2, 0.25) is 0 Å². The van der Waals surface area contributed by atoms with E-state index in [-0.39, 0.29) is 31.6 Å². The van der Waals surface area contributed by atoms with E-state index in [4.69, 9.17) is 14.2 Å². The van der Waals surface area contributed by atoms with Crippen LogP contribution in [-0.2, 0) is 28.6 Å².